The molecule has 1 aromatic carbocycles. The number of halogens is 4. The highest BCUT2D eigenvalue weighted by molar-refractivity contribution is 7.90. The maximum Gasteiger partial charge on any atom is 0.408 e. The molecule has 3 rings (SSSR count). The second-order valence-electron chi connectivity index (χ2n) is 9.66. The minimum absolute atomic E-state index is 0.0713. The van der Waals surface area contributed by atoms with Crippen LogP contribution in [0.4, 0.5) is 17.6 Å². The van der Waals surface area contributed by atoms with Crippen LogP contribution in [-0.4, -0.2) is 24.4 Å². The van der Waals surface area contributed by atoms with Crippen LogP contribution in [0.25, 0.3) is 10.9 Å². The fraction of sp³-hybridized carbons (Fsp3) is 0.619. The first-order valence-corrected chi connectivity index (χ1v) is 11.5. The second kappa shape index (κ2) is 7.51. The van der Waals surface area contributed by atoms with Gasteiger partial charge in [0.25, 0.3) is 0 Å². The number of hydrogen-bond donors (Lipinski definition) is 1. The third-order valence-electron chi connectivity index (χ3n) is 5.18. The number of aromatic nitrogens is 1. The normalized spacial score (nSPS) is 17.1. The van der Waals surface area contributed by atoms with E-state index in [0.29, 0.717) is 30.5 Å². The topological polar surface area (TPSA) is 51.1 Å². The zero-order chi connectivity index (χ0) is 22.6. The van der Waals surface area contributed by atoms with Gasteiger partial charge in [-0.05, 0) is 41.9 Å². The summed E-state index contributed by atoms with van der Waals surface area (Å²) in [7, 11) is -4.12. The molecule has 0 radical (unpaired) electrons. The van der Waals surface area contributed by atoms with Gasteiger partial charge in [-0.3, -0.25) is 0 Å². The van der Waals surface area contributed by atoms with Crippen LogP contribution >= 0.6 is 0 Å². The van der Waals surface area contributed by atoms with E-state index in [1.165, 1.54) is 6.20 Å². The molecule has 168 valence electrons. The number of nitrogens with zero attached hydrogens (tertiary/aromatic N) is 1. The first-order valence-electron chi connectivity index (χ1n) is 10.00. The maximum absolute atomic E-state index is 14.7. The zero-order valence-corrected chi connectivity index (χ0v) is 18.6. The van der Waals surface area contributed by atoms with Crippen molar-refractivity contribution in [1.82, 2.24) is 9.29 Å². The number of hydrogen-bond acceptors (Lipinski definition) is 2. The van der Waals surface area contributed by atoms with Gasteiger partial charge >= 0.3 is 6.18 Å². The number of sulfonamides is 1. The minimum Gasteiger partial charge on any atom is -0.347 e. The van der Waals surface area contributed by atoms with Gasteiger partial charge in [0, 0.05) is 29.2 Å². The van der Waals surface area contributed by atoms with Crippen molar-refractivity contribution >= 4 is 20.9 Å². The molecule has 0 aliphatic heterocycles. The fourth-order valence-electron chi connectivity index (χ4n) is 3.61. The molecule has 1 aromatic heterocycles. The van der Waals surface area contributed by atoms with Crippen molar-refractivity contribution in [1.29, 1.82) is 0 Å². The van der Waals surface area contributed by atoms with Crippen molar-refractivity contribution < 1.29 is 26.0 Å². The summed E-state index contributed by atoms with van der Waals surface area (Å²) in [5.41, 5.74) is 0.339. The summed E-state index contributed by atoms with van der Waals surface area (Å²) in [6.07, 6.45) is -2.86. The van der Waals surface area contributed by atoms with Crippen molar-refractivity contribution in [3.05, 3.63) is 35.3 Å². The van der Waals surface area contributed by atoms with Crippen LogP contribution in [0.3, 0.4) is 0 Å². The molecule has 0 spiro atoms. The van der Waals surface area contributed by atoms with Crippen LogP contribution in [0, 0.1) is 11.2 Å². The molecule has 9 heteroatoms. The third-order valence-corrected chi connectivity index (χ3v) is 7.09. The van der Waals surface area contributed by atoms with E-state index in [1.807, 2.05) is 39.3 Å². The Morgan fingerprint density at radius 2 is 1.73 bits per heavy atom. The lowest BCUT2D eigenvalue weighted by molar-refractivity contribution is -0.152. The standard InChI is InChI=1S/C21H28F4N2O2S/c1-12(2)14-9-18-15(8-17(14)22)16(10-27(18)11-20(3,4)5)19(21(23,24)25)26-30(28,29)13-6-7-13/h8-10,12-13,19,26H,6-7,11H2,1-5H3/t19-/m0/s1. The SMILES string of the molecule is CC(C)c1cc2c(cc1F)c([C@H](NS(=O)(=O)C1CC1)C(F)(F)F)cn2CC(C)(C)C. The summed E-state index contributed by atoms with van der Waals surface area (Å²) in [4.78, 5) is 0. The summed E-state index contributed by atoms with van der Waals surface area (Å²) in [6.45, 7) is 9.86. The highest BCUT2D eigenvalue weighted by atomic mass is 32.2. The number of fused-ring (bicyclic) bond motifs is 1. The van der Waals surface area contributed by atoms with Gasteiger partial charge < -0.3 is 4.57 Å². The molecular formula is C21H28F4N2O2S. The van der Waals surface area contributed by atoms with Crippen molar-refractivity contribution in [2.45, 2.75) is 77.4 Å². The summed E-state index contributed by atoms with van der Waals surface area (Å²) >= 11 is 0. The van der Waals surface area contributed by atoms with E-state index in [9.17, 15) is 26.0 Å². The average molecular weight is 449 g/mol. The van der Waals surface area contributed by atoms with Crippen LogP contribution in [0.2, 0.25) is 0 Å². The number of benzene rings is 1. The number of alkyl halides is 3. The van der Waals surface area contributed by atoms with Crippen LogP contribution < -0.4 is 4.72 Å². The quantitative estimate of drug-likeness (QED) is 0.582. The Kier molecular flexibility index (Phi) is 5.77. The van der Waals surface area contributed by atoms with Crippen LogP contribution in [0.5, 0.6) is 0 Å². The van der Waals surface area contributed by atoms with Crippen molar-refractivity contribution in [3.8, 4) is 0 Å². The minimum atomic E-state index is -4.87. The summed E-state index contributed by atoms with van der Waals surface area (Å²) in [6, 6.07) is 0.243. The average Bonchev–Trinajstić information content (AvgIpc) is 3.36. The van der Waals surface area contributed by atoms with Gasteiger partial charge in [-0.15, -0.1) is 0 Å². The smallest absolute Gasteiger partial charge is 0.347 e. The lowest BCUT2D eigenvalue weighted by Crippen LogP contribution is -2.39. The van der Waals surface area contributed by atoms with Crippen LogP contribution in [-0.2, 0) is 16.6 Å². The first-order chi connectivity index (χ1) is 13.6. The van der Waals surface area contributed by atoms with Crippen molar-refractivity contribution in [3.63, 3.8) is 0 Å². The summed E-state index contributed by atoms with van der Waals surface area (Å²) < 4.78 is 84.8. The van der Waals surface area contributed by atoms with Gasteiger partial charge in [-0.2, -0.15) is 17.9 Å². The van der Waals surface area contributed by atoms with Crippen LogP contribution in [0.1, 0.15) is 70.5 Å². The van der Waals surface area contributed by atoms with E-state index in [2.05, 4.69) is 0 Å². The molecule has 2 aromatic rings. The van der Waals surface area contributed by atoms with Gasteiger partial charge in [0.05, 0.1) is 5.25 Å². The Hall–Kier alpha value is -1.61. The Morgan fingerprint density at radius 1 is 1.13 bits per heavy atom. The molecule has 0 amide bonds. The van der Waals surface area contributed by atoms with E-state index in [1.54, 1.807) is 10.6 Å². The van der Waals surface area contributed by atoms with E-state index in [4.69, 9.17) is 0 Å². The Bertz CT molecular complexity index is 1050. The molecule has 0 saturated heterocycles. The molecule has 30 heavy (non-hydrogen) atoms. The second-order valence-corrected chi connectivity index (χ2v) is 11.6. The summed E-state index contributed by atoms with van der Waals surface area (Å²) in [5.74, 6) is -0.749. The fourth-order valence-corrected chi connectivity index (χ4v) is 5.15. The predicted molar refractivity (Wildman–Crippen MR) is 109 cm³/mol. The van der Waals surface area contributed by atoms with Gasteiger partial charge in [-0.1, -0.05) is 34.6 Å². The van der Waals surface area contributed by atoms with E-state index >= 15 is 0 Å². The molecule has 1 atom stereocenters. The van der Waals surface area contributed by atoms with Gasteiger partial charge in [0.1, 0.15) is 11.9 Å². The van der Waals surface area contributed by atoms with Gasteiger partial charge in [0.2, 0.25) is 10.0 Å². The Morgan fingerprint density at radius 3 is 2.20 bits per heavy atom. The number of nitrogens with one attached hydrogen (secondary N) is 1. The van der Waals surface area contributed by atoms with E-state index in [0.717, 1.165) is 6.07 Å². The van der Waals surface area contributed by atoms with Gasteiger partial charge in [-0.25, -0.2) is 12.8 Å². The molecule has 1 heterocycles. The lowest BCUT2D eigenvalue weighted by Gasteiger charge is -2.22. The van der Waals surface area contributed by atoms with Crippen LogP contribution in [0.15, 0.2) is 18.3 Å². The Balaban J connectivity index is 2.22. The third kappa shape index (κ3) is 4.82. The molecule has 1 fully saturated rings. The zero-order valence-electron chi connectivity index (χ0n) is 17.8. The molecule has 1 N–H and O–H groups in total. The molecule has 1 aliphatic rings. The molecule has 1 saturated carbocycles. The molecular weight excluding hydrogens is 420 g/mol. The highest BCUT2D eigenvalue weighted by Gasteiger charge is 2.47. The van der Waals surface area contributed by atoms with Crippen molar-refractivity contribution in [2.24, 2.45) is 5.41 Å². The molecule has 1 aliphatic carbocycles. The van der Waals surface area contributed by atoms with Crippen molar-refractivity contribution in [2.75, 3.05) is 0 Å². The van der Waals surface area contributed by atoms with E-state index < -0.39 is 33.3 Å². The molecule has 0 unspecified atom stereocenters. The monoisotopic (exact) mass is 448 g/mol. The number of rotatable bonds is 6. The first kappa shape index (κ1) is 23.1. The molecule has 0 bridgehead atoms. The van der Waals surface area contributed by atoms with Gasteiger partial charge in [0.15, 0.2) is 0 Å². The maximum atomic E-state index is 14.7. The lowest BCUT2D eigenvalue weighted by atomic mass is 9.96. The largest absolute Gasteiger partial charge is 0.408 e. The van der Waals surface area contributed by atoms with E-state index in [-0.39, 0.29) is 22.3 Å². The Labute approximate surface area is 174 Å². The predicted octanol–water partition coefficient (Wildman–Crippen LogP) is 5.64. The molecule has 4 nitrogen and oxygen atoms in total. The highest BCUT2D eigenvalue weighted by Crippen LogP contribution is 2.41. The summed E-state index contributed by atoms with van der Waals surface area (Å²) in [5, 5.41) is -0.725.